The maximum atomic E-state index is 12.4. The molecule has 27 heavy (non-hydrogen) atoms. The smallest absolute Gasteiger partial charge is 0.291 e. The van der Waals surface area contributed by atoms with Crippen LogP contribution in [0.5, 0.6) is 0 Å². The Bertz CT molecular complexity index is 832. The molecule has 0 aliphatic heterocycles. The van der Waals surface area contributed by atoms with Gasteiger partial charge in [-0.1, -0.05) is 6.07 Å². The second-order valence-electron chi connectivity index (χ2n) is 6.44. The third-order valence-electron chi connectivity index (χ3n) is 3.50. The molecule has 0 bridgehead atoms. The summed E-state index contributed by atoms with van der Waals surface area (Å²) in [6.45, 7) is 5.52. The van der Waals surface area contributed by atoms with Crippen LogP contribution in [-0.4, -0.2) is 29.8 Å². The van der Waals surface area contributed by atoms with Gasteiger partial charge >= 0.3 is 0 Å². The van der Waals surface area contributed by atoms with Crippen LogP contribution in [-0.2, 0) is 4.79 Å². The van der Waals surface area contributed by atoms with E-state index in [-0.39, 0.29) is 36.1 Å². The van der Waals surface area contributed by atoms with Crippen LogP contribution in [0.15, 0.2) is 45.5 Å². The van der Waals surface area contributed by atoms with Gasteiger partial charge in [0.05, 0.1) is 0 Å². The first-order valence-electron chi connectivity index (χ1n) is 8.51. The molecule has 0 aliphatic carbocycles. The average molecular weight is 436 g/mol. The second kappa shape index (κ2) is 9.36. The molecule has 3 amide bonds. The Balaban J connectivity index is 1.96. The fraction of sp³-hybridized carbons (Fsp3) is 0.316. The molecule has 7 nitrogen and oxygen atoms in total. The highest BCUT2D eigenvalue weighted by Gasteiger charge is 2.15. The Morgan fingerprint density at radius 3 is 2.41 bits per heavy atom. The van der Waals surface area contributed by atoms with Crippen molar-refractivity contribution in [1.29, 1.82) is 0 Å². The first-order valence-corrected chi connectivity index (χ1v) is 9.31. The van der Waals surface area contributed by atoms with Crippen LogP contribution in [0.2, 0.25) is 0 Å². The monoisotopic (exact) mass is 435 g/mol. The minimum Gasteiger partial charge on any atom is -0.444 e. The molecule has 2 rings (SSSR count). The number of amides is 3. The van der Waals surface area contributed by atoms with Gasteiger partial charge in [-0.05, 0) is 67.0 Å². The lowest BCUT2D eigenvalue weighted by atomic mass is 10.1. The summed E-state index contributed by atoms with van der Waals surface area (Å²) >= 11 is 3.14. The van der Waals surface area contributed by atoms with Crippen molar-refractivity contribution in [1.82, 2.24) is 10.6 Å². The van der Waals surface area contributed by atoms with Gasteiger partial charge in [0.15, 0.2) is 10.4 Å². The molecule has 3 N–H and O–H groups in total. The lowest BCUT2D eigenvalue weighted by molar-refractivity contribution is -0.121. The van der Waals surface area contributed by atoms with Gasteiger partial charge in [0.25, 0.3) is 11.8 Å². The van der Waals surface area contributed by atoms with E-state index in [9.17, 15) is 14.4 Å². The van der Waals surface area contributed by atoms with E-state index in [1.807, 2.05) is 13.8 Å². The van der Waals surface area contributed by atoms with E-state index < -0.39 is 5.91 Å². The number of halogens is 1. The van der Waals surface area contributed by atoms with Crippen molar-refractivity contribution in [3.8, 4) is 0 Å². The molecule has 0 aliphatic rings. The predicted octanol–water partition coefficient (Wildman–Crippen LogP) is 3.33. The molecular formula is C19H22BrN3O4. The number of carbonyl (C=O) groups is 3. The van der Waals surface area contributed by atoms with Gasteiger partial charge in [-0.3, -0.25) is 14.4 Å². The van der Waals surface area contributed by atoms with E-state index in [2.05, 4.69) is 31.9 Å². The van der Waals surface area contributed by atoms with Crippen molar-refractivity contribution in [3.05, 3.63) is 52.4 Å². The number of anilines is 1. The fourth-order valence-electron chi connectivity index (χ4n) is 2.38. The van der Waals surface area contributed by atoms with E-state index in [0.717, 1.165) is 0 Å². The first kappa shape index (κ1) is 20.7. The zero-order chi connectivity index (χ0) is 20.0. The summed E-state index contributed by atoms with van der Waals surface area (Å²) in [5.74, 6) is -0.710. The highest BCUT2D eigenvalue weighted by Crippen LogP contribution is 2.17. The zero-order valence-electron chi connectivity index (χ0n) is 15.3. The van der Waals surface area contributed by atoms with Crippen LogP contribution in [0.3, 0.4) is 0 Å². The molecule has 144 valence electrons. The van der Waals surface area contributed by atoms with Crippen molar-refractivity contribution in [2.45, 2.75) is 39.3 Å². The highest BCUT2D eigenvalue weighted by atomic mass is 79.9. The van der Waals surface area contributed by atoms with Gasteiger partial charge in [-0.15, -0.1) is 0 Å². The number of furan rings is 1. The van der Waals surface area contributed by atoms with Crippen LogP contribution >= 0.6 is 15.9 Å². The second-order valence-corrected chi connectivity index (χ2v) is 7.22. The standard InChI is InChI=1S/C19H22BrN3O4/c1-11(2)21-17(24)9-12(3)22-18(25)13-5-4-6-14(10-13)23-19(26)15-7-8-16(20)27-15/h4-8,10-12H,9H2,1-3H3,(H,21,24)(H,22,25)(H,23,26)/t12-/m0/s1. The summed E-state index contributed by atoms with van der Waals surface area (Å²) in [7, 11) is 0. The predicted molar refractivity (Wildman–Crippen MR) is 106 cm³/mol. The fourth-order valence-corrected chi connectivity index (χ4v) is 2.69. The van der Waals surface area contributed by atoms with E-state index in [1.165, 1.54) is 0 Å². The van der Waals surface area contributed by atoms with Crippen molar-refractivity contribution in [2.24, 2.45) is 0 Å². The molecule has 2 aromatic rings. The Morgan fingerprint density at radius 2 is 1.78 bits per heavy atom. The minimum absolute atomic E-state index is 0.0514. The highest BCUT2D eigenvalue weighted by molar-refractivity contribution is 9.10. The lowest BCUT2D eigenvalue weighted by Gasteiger charge is -2.15. The van der Waals surface area contributed by atoms with Gasteiger partial charge in [0, 0.05) is 29.8 Å². The number of hydrogen-bond acceptors (Lipinski definition) is 4. The SMILES string of the molecule is CC(C)NC(=O)C[C@H](C)NC(=O)c1cccc(NC(=O)c2ccc(Br)o2)c1. The lowest BCUT2D eigenvalue weighted by Crippen LogP contribution is -2.39. The van der Waals surface area contributed by atoms with E-state index in [0.29, 0.717) is 15.9 Å². The van der Waals surface area contributed by atoms with Gasteiger partial charge in [-0.2, -0.15) is 0 Å². The third kappa shape index (κ3) is 6.56. The number of carbonyl (C=O) groups excluding carboxylic acids is 3. The molecule has 0 radical (unpaired) electrons. The van der Waals surface area contributed by atoms with E-state index in [4.69, 9.17) is 4.42 Å². The zero-order valence-corrected chi connectivity index (χ0v) is 16.9. The minimum atomic E-state index is -0.419. The molecule has 0 saturated heterocycles. The molecule has 1 heterocycles. The largest absolute Gasteiger partial charge is 0.444 e. The molecule has 1 atom stereocenters. The number of rotatable bonds is 7. The average Bonchev–Trinajstić information content (AvgIpc) is 3.00. The van der Waals surface area contributed by atoms with Crippen LogP contribution in [0.4, 0.5) is 5.69 Å². The Morgan fingerprint density at radius 1 is 1.04 bits per heavy atom. The van der Waals surface area contributed by atoms with Gasteiger partial charge < -0.3 is 20.4 Å². The Labute approximate surface area is 166 Å². The molecule has 0 unspecified atom stereocenters. The van der Waals surface area contributed by atoms with Crippen LogP contribution < -0.4 is 16.0 Å². The molecule has 1 aromatic heterocycles. The first-order chi connectivity index (χ1) is 12.7. The number of hydrogen-bond donors (Lipinski definition) is 3. The van der Waals surface area contributed by atoms with Crippen molar-refractivity contribution in [3.63, 3.8) is 0 Å². The summed E-state index contributed by atoms with van der Waals surface area (Å²) < 4.78 is 5.65. The molecule has 0 fully saturated rings. The van der Waals surface area contributed by atoms with Crippen LogP contribution in [0.1, 0.15) is 48.1 Å². The van der Waals surface area contributed by atoms with E-state index in [1.54, 1.807) is 43.3 Å². The topological polar surface area (TPSA) is 100 Å². The Kier molecular flexibility index (Phi) is 7.18. The molecule has 0 saturated carbocycles. The Hall–Kier alpha value is -2.61. The summed E-state index contributed by atoms with van der Waals surface area (Å²) in [4.78, 5) is 36.3. The molecule has 8 heteroatoms. The number of benzene rings is 1. The maximum absolute atomic E-state index is 12.4. The quantitative estimate of drug-likeness (QED) is 0.620. The summed E-state index contributed by atoms with van der Waals surface area (Å²) in [6, 6.07) is 9.42. The summed E-state index contributed by atoms with van der Waals surface area (Å²) in [6.07, 6.45) is 0.188. The summed E-state index contributed by atoms with van der Waals surface area (Å²) in [5, 5.41) is 8.24. The van der Waals surface area contributed by atoms with E-state index >= 15 is 0 Å². The molecular weight excluding hydrogens is 414 g/mol. The van der Waals surface area contributed by atoms with Crippen molar-refractivity contribution < 1.29 is 18.8 Å². The normalized spacial score (nSPS) is 11.7. The maximum Gasteiger partial charge on any atom is 0.291 e. The molecule has 0 spiro atoms. The van der Waals surface area contributed by atoms with Gasteiger partial charge in [0.1, 0.15) is 0 Å². The molecule has 1 aromatic carbocycles. The number of nitrogens with one attached hydrogen (secondary N) is 3. The van der Waals surface area contributed by atoms with Gasteiger partial charge in [-0.25, -0.2) is 0 Å². The van der Waals surface area contributed by atoms with Gasteiger partial charge in [0.2, 0.25) is 5.91 Å². The van der Waals surface area contributed by atoms with Crippen LogP contribution in [0, 0.1) is 0 Å². The third-order valence-corrected chi connectivity index (χ3v) is 3.92. The van der Waals surface area contributed by atoms with Crippen LogP contribution in [0.25, 0.3) is 0 Å². The van der Waals surface area contributed by atoms with Crippen molar-refractivity contribution in [2.75, 3.05) is 5.32 Å². The summed E-state index contributed by atoms with van der Waals surface area (Å²) in [5.41, 5.74) is 0.843. The van der Waals surface area contributed by atoms with Crippen molar-refractivity contribution >= 4 is 39.3 Å².